The number of allylic oxidation sites excluding steroid dienone is 2. The minimum atomic E-state index is -0.916. The van der Waals surface area contributed by atoms with E-state index in [0.29, 0.717) is 17.7 Å². The van der Waals surface area contributed by atoms with Crippen LogP contribution in [0.3, 0.4) is 0 Å². The van der Waals surface area contributed by atoms with E-state index in [1.54, 1.807) is 6.07 Å². The lowest BCUT2D eigenvalue weighted by molar-refractivity contribution is -0.385. The molecule has 6 nitrogen and oxygen atoms in total. The van der Waals surface area contributed by atoms with Gasteiger partial charge in [0.2, 0.25) is 0 Å². The first-order valence-electron chi connectivity index (χ1n) is 6.44. The molecule has 20 heavy (non-hydrogen) atoms. The van der Waals surface area contributed by atoms with Gasteiger partial charge in [-0.1, -0.05) is 18.2 Å². The SMILES string of the molecule is Cc1ccc([N+](=O)[O-])c2c1N[C@H](C(=O)O)[C@H]1CC=C[C@H]21. The van der Waals surface area contributed by atoms with E-state index in [-0.39, 0.29) is 17.5 Å². The summed E-state index contributed by atoms with van der Waals surface area (Å²) in [5.74, 6) is -1.28. The van der Waals surface area contributed by atoms with Crippen LogP contribution in [0.15, 0.2) is 24.3 Å². The molecule has 0 bridgehead atoms. The summed E-state index contributed by atoms with van der Waals surface area (Å²) in [5, 5.41) is 23.6. The Morgan fingerprint density at radius 2 is 2.25 bits per heavy atom. The van der Waals surface area contributed by atoms with E-state index in [1.807, 2.05) is 19.1 Å². The van der Waals surface area contributed by atoms with Crippen molar-refractivity contribution in [3.63, 3.8) is 0 Å². The number of aliphatic carboxylic acids is 1. The zero-order valence-corrected chi connectivity index (χ0v) is 10.9. The molecule has 1 aliphatic carbocycles. The Morgan fingerprint density at radius 3 is 2.90 bits per heavy atom. The Bertz CT molecular complexity index is 638. The first-order valence-corrected chi connectivity index (χ1v) is 6.44. The fourth-order valence-electron chi connectivity index (χ4n) is 3.24. The first-order chi connectivity index (χ1) is 9.50. The van der Waals surface area contributed by atoms with Crippen LogP contribution < -0.4 is 5.32 Å². The lowest BCUT2D eigenvalue weighted by Gasteiger charge is -2.35. The van der Waals surface area contributed by atoms with Crippen molar-refractivity contribution in [2.45, 2.75) is 25.3 Å². The lowest BCUT2D eigenvalue weighted by Crippen LogP contribution is -2.42. The minimum Gasteiger partial charge on any atom is -0.480 e. The Hall–Kier alpha value is -2.37. The Morgan fingerprint density at radius 1 is 1.50 bits per heavy atom. The normalized spacial score (nSPS) is 26.6. The van der Waals surface area contributed by atoms with Gasteiger partial charge in [0.25, 0.3) is 5.69 Å². The van der Waals surface area contributed by atoms with Crippen LogP contribution >= 0.6 is 0 Å². The molecule has 3 rings (SSSR count). The highest BCUT2D eigenvalue weighted by Gasteiger charge is 2.44. The van der Waals surface area contributed by atoms with Gasteiger partial charge in [0.15, 0.2) is 0 Å². The molecule has 104 valence electrons. The molecule has 0 saturated heterocycles. The average molecular weight is 274 g/mol. The predicted octanol–water partition coefficient (Wildman–Crippen LogP) is 2.44. The number of nitrogens with zero attached hydrogens (tertiary/aromatic N) is 1. The standard InChI is InChI=1S/C14H14N2O4/c1-7-5-6-10(16(19)20)11-8-3-2-4-9(8)13(14(17)18)15-12(7)11/h2-3,5-6,8-9,13,15H,4H2,1H3,(H,17,18)/t8-,9-,13-/m0/s1. The molecule has 3 atom stereocenters. The number of nitro benzene ring substituents is 1. The maximum absolute atomic E-state index is 11.4. The van der Waals surface area contributed by atoms with Crippen molar-refractivity contribution in [2.24, 2.45) is 5.92 Å². The van der Waals surface area contributed by atoms with Crippen LogP contribution in [0.25, 0.3) is 0 Å². The van der Waals surface area contributed by atoms with Crippen molar-refractivity contribution >= 4 is 17.3 Å². The smallest absolute Gasteiger partial charge is 0.326 e. The molecule has 0 unspecified atom stereocenters. The highest BCUT2D eigenvalue weighted by atomic mass is 16.6. The Balaban J connectivity index is 2.22. The highest BCUT2D eigenvalue weighted by Crippen LogP contribution is 2.49. The average Bonchev–Trinajstić information content (AvgIpc) is 2.86. The molecule has 2 aliphatic rings. The van der Waals surface area contributed by atoms with Gasteiger partial charge < -0.3 is 10.4 Å². The second-order valence-electron chi connectivity index (χ2n) is 5.26. The van der Waals surface area contributed by atoms with Crippen LogP contribution in [0.5, 0.6) is 0 Å². The second-order valence-corrected chi connectivity index (χ2v) is 5.26. The molecular formula is C14H14N2O4. The monoisotopic (exact) mass is 274 g/mol. The summed E-state index contributed by atoms with van der Waals surface area (Å²) in [6, 6.07) is 2.45. The van der Waals surface area contributed by atoms with Gasteiger partial charge in [0.05, 0.1) is 10.5 Å². The maximum atomic E-state index is 11.4. The fraction of sp³-hybridized carbons (Fsp3) is 0.357. The molecule has 2 N–H and O–H groups in total. The van der Waals surface area contributed by atoms with Crippen LogP contribution in [0.4, 0.5) is 11.4 Å². The summed E-state index contributed by atoms with van der Waals surface area (Å²) >= 11 is 0. The summed E-state index contributed by atoms with van der Waals surface area (Å²) in [5.41, 5.74) is 2.10. The Labute approximate surface area is 115 Å². The minimum absolute atomic E-state index is 0.0588. The van der Waals surface area contributed by atoms with Gasteiger partial charge in [0.1, 0.15) is 6.04 Å². The van der Waals surface area contributed by atoms with Crippen molar-refractivity contribution in [1.29, 1.82) is 0 Å². The zero-order valence-electron chi connectivity index (χ0n) is 10.9. The third-order valence-electron chi connectivity index (χ3n) is 4.17. The molecule has 0 aromatic heterocycles. The van der Waals surface area contributed by atoms with Gasteiger partial charge in [-0.15, -0.1) is 0 Å². The molecule has 1 aromatic carbocycles. The quantitative estimate of drug-likeness (QED) is 0.491. The van der Waals surface area contributed by atoms with E-state index in [2.05, 4.69) is 5.32 Å². The number of hydrogen-bond donors (Lipinski definition) is 2. The number of hydrogen-bond acceptors (Lipinski definition) is 4. The van der Waals surface area contributed by atoms with E-state index in [1.165, 1.54) is 6.07 Å². The lowest BCUT2D eigenvalue weighted by atomic mass is 9.78. The van der Waals surface area contributed by atoms with E-state index in [0.717, 1.165) is 5.56 Å². The number of aryl methyl sites for hydroxylation is 1. The van der Waals surface area contributed by atoms with Crippen molar-refractivity contribution < 1.29 is 14.8 Å². The topological polar surface area (TPSA) is 92.5 Å². The fourth-order valence-corrected chi connectivity index (χ4v) is 3.24. The van der Waals surface area contributed by atoms with Crippen LogP contribution in [-0.4, -0.2) is 22.0 Å². The molecule has 1 heterocycles. The number of nitro groups is 1. The number of anilines is 1. The molecule has 0 saturated carbocycles. The first kappa shape index (κ1) is 12.7. The number of carbonyl (C=O) groups is 1. The van der Waals surface area contributed by atoms with Crippen molar-refractivity contribution in [1.82, 2.24) is 0 Å². The van der Waals surface area contributed by atoms with Gasteiger partial charge in [-0.2, -0.15) is 0 Å². The van der Waals surface area contributed by atoms with Crippen molar-refractivity contribution in [2.75, 3.05) is 5.32 Å². The molecule has 1 aromatic rings. The number of carboxylic acids is 1. The van der Waals surface area contributed by atoms with Gasteiger partial charge in [-0.3, -0.25) is 10.1 Å². The molecule has 1 aliphatic heterocycles. The van der Waals surface area contributed by atoms with Crippen molar-refractivity contribution in [3.05, 3.63) is 45.5 Å². The third-order valence-corrected chi connectivity index (χ3v) is 4.17. The van der Waals surface area contributed by atoms with E-state index in [4.69, 9.17) is 0 Å². The molecule has 0 fully saturated rings. The van der Waals surface area contributed by atoms with Crippen molar-refractivity contribution in [3.8, 4) is 0 Å². The summed E-state index contributed by atoms with van der Waals surface area (Å²) in [7, 11) is 0. The number of fused-ring (bicyclic) bond motifs is 3. The van der Waals surface area contributed by atoms with Gasteiger partial charge in [-0.05, 0) is 18.9 Å². The second kappa shape index (κ2) is 4.33. The molecule has 0 amide bonds. The number of nitrogens with one attached hydrogen (secondary N) is 1. The summed E-state index contributed by atoms with van der Waals surface area (Å²) in [6.45, 7) is 1.83. The van der Waals surface area contributed by atoms with E-state index < -0.39 is 16.9 Å². The van der Waals surface area contributed by atoms with Crippen LogP contribution in [-0.2, 0) is 4.79 Å². The van der Waals surface area contributed by atoms with Crippen LogP contribution in [0, 0.1) is 23.0 Å². The molecule has 0 spiro atoms. The molecular weight excluding hydrogens is 260 g/mol. The highest BCUT2D eigenvalue weighted by molar-refractivity contribution is 5.82. The number of benzene rings is 1. The Kier molecular flexibility index (Phi) is 2.74. The van der Waals surface area contributed by atoms with Gasteiger partial charge in [-0.25, -0.2) is 4.79 Å². The van der Waals surface area contributed by atoms with E-state index in [9.17, 15) is 20.0 Å². The van der Waals surface area contributed by atoms with Gasteiger partial charge >= 0.3 is 5.97 Å². The summed E-state index contributed by atoms with van der Waals surface area (Å²) < 4.78 is 0. The zero-order chi connectivity index (χ0) is 14.4. The largest absolute Gasteiger partial charge is 0.480 e. The molecule has 0 radical (unpaired) electrons. The summed E-state index contributed by atoms with van der Waals surface area (Å²) in [4.78, 5) is 22.2. The predicted molar refractivity (Wildman–Crippen MR) is 72.9 cm³/mol. The van der Waals surface area contributed by atoms with E-state index >= 15 is 0 Å². The van der Waals surface area contributed by atoms with Crippen LogP contribution in [0.2, 0.25) is 0 Å². The number of rotatable bonds is 2. The van der Waals surface area contributed by atoms with Gasteiger partial charge in [0, 0.05) is 23.6 Å². The molecule has 6 heteroatoms. The summed E-state index contributed by atoms with van der Waals surface area (Å²) in [6.07, 6.45) is 4.43. The third kappa shape index (κ3) is 1.68. The maximum Gasteiger partial charge on any atom is 0.326 e. The number of carboxylic acid groups (broad SMARTS) is 1. The van der Waals surface area contributed by atoms with Crippen LogP contribution in [0.1, 0.15) is 23.5 Å².